The monoisotopic (exact) mass is 263 g/mol. The molecule has 2 aliphatic rings. The van der Waals surface area contributed by atoms with Gasteiger partial charge in [-0.2, -0.15) is 0 Å². The Morgan fingerprint density at radius 3 is 3.05 bits per heavy atom. The zero-order valence-corrected chi connectivity index (χ0v) is 12.1. The highest BCUT2D eigenvalue weighted by molar-refractivity contribution is 5.29. The molecule has 0 saturated carbocycles. The number of rotatable bonds is 3. The summed E-state index contributed by atoms with van der Waals surface area (Å²) < 4.78 is 8.03. The van der Waals surface area contributed by atoms with Gasteiger partial charge in [0.1, 0.15) is 0 Å². The van der Waals surface area contributed by atoms with Crippen LogP contribution in [-0.2, 0) is 17.7 Å². The lowest BCUT2D eigenvalue weighted by Crippen LogP contribution is -2.27. The molecule has 1 N–H and O–H groups in total. The quantitative estimate of drug-likeness (QED) is 0.909. The van der Waals surface area contributed by atoms with Gasteiger partial charge in [0.15, 0.2) is 0 Å². The second-order valence-electron chi connectivity index (χ2n) is 6.90. The van der Waals surface area contributed by atoms with Gasteiger partial charge in [0, 0.05) is 30.6 Å². The number of aromatic nitrogens is 1. The maximum Gasteiger partial charge on any atom is 0.0812 e. The summed E-state index contributed by atoms with van der Waals surface area (Å²) in [6, 6.07) is 2.10. The van der Waals surface area contributed by atoms with E-state index in [1.54, 1.807) is 0 Å². The van der Waals surface area contributed by atoms with Crippen molar-refractivity contribution in [2.75, 3.05) is 6.61 Å². The summed E-state index contributed by atoms with van der Waals surface area (Å²) in [5.41, 5.74) is 2.68. The minimum absolute atomic E-state index is 0.201. The summed E-state index contributed by atoms with van der Waals surface area (Å²) in [5.74, 6) is 0. The van der Waals surface area contributed by atoms with Crippen LogP contribution in [0.1, 0.15) is 56.9 Å². The molecule has 106 valence electrons. The molecule has 3 heteroatoms. The number of nitrogens with zero attached hydrogens (tertiary/aromatic N) is 1. The van der Waals surface area contributed by atoms with Gasteiger partial charge in [-0.05, 0) is 43.6 Å². The first-order valence-corrected chi connectivity index (χ1v) is 7.53. The molecule has 1 fully saturated rings. The Hall–Kier alpha value is -0.800. The van der Waals surface area contributed by atoms with E-state index in [2.05, 4.69) is 30.7 Å². The average Bonchev–Trinajstić information content (AvgIpc) is 2.93. The van der Waals surface area contributed by atoms with E-state index < -0.39 is 0 Å². The molecular weight excluding hydrogens is 238 g/mol. The van der Waals surface area contributed by atoms with Crippen LogP contribution in [0.25, 0.3) is 0 Å². The van der Waals surface area contributed by atoms with Crippen LogP contribution in [0, 0.1) is 5.41 Å². The molecule has 3 rings (SSSR count). The Balaban J connectivity index is 1.73. The number of fused-ring (bicyclic) bond motifs is 1. The molecule has 1 saturated heterocycles. The van der Waals surface area contributed by atoms with Crippen LogP contribution in [0.3, 0.4) is 0 Å². The van der Waals surface area contributed by atoms with E-state index in [4.69, 9.17) is 4.74 Å². The van der Waals surface area contributed by atoms with E-state index >= 15 is 0 Å². The minimum Gasteiger partial charge on any atom is -0.388 e. The molecule has 1 aliphatic heterocycles. The molecule has 1 aromatic rings. The Kier molecular flexibility index (Phi) is 3.44. The highest BCUT2D eigenvalue weighted by atomic mass is 16.5. The second-order valence-corrected chi connectivity index (χ2v) is 6.90. The molecule has 1 aromatic heterocycles. The lowest BCUT2D eigenvalue weighted by molar-refractivity contribution is 0.0937. The van der Waals surface area contributed by atoms with Gasteiger partial charge >= 0.3 is 0 Å². The Morgan fingerprint density at radius 2 is 2.32 bits per heavy atom. The molecule has 0 spiro atoms. The predicted octanol–water partition coefficient (Wildman–Crippen LogP) is 3.06. The van der Waals surface area contributed by atoms with Crippen molar-refractivity contribution in [3.63, 3.8) is 0 Å². The maximum absolute atomic E-state index is 10.3. The molecule has 0 amide bonds. The van der Waals surface area contributed by atoms with E-state index in [0.717, 1.165) is 38.0 Å². The fourth-order valence-corrected chi connectivity index (χ4v) is 3.55. The first kappa shape index (κ1) is 13.2. The molecule has 2 unspecified atom stereocenters. The summed E-state index contributed by atoms with van der Waals surface area (Å²) in [6.45, 7) is 6.44. The summed E-state index contributed by atoms with van der Waals surface area (Å²) >= 11 is 0. The highest BCUT2D eigenvalue weighted by Gasteiger charge is 2.33. The van der Waals surface area contributed by atoms with E-state index in [-0.39, 0.29) is 11.5 Å². The van der Waals surface area contributed by atoms with Crippen LogP contribution < -0.4 is 0 Å². The van der Waals surface area contributed by atoms with Crippen molar-refractivity contribution in [1.29, 1.82) is 0 Å². The summed E-state index contributed by atoms with van der Waals surface area (Å²) in [5, 5.41) is 10.3. The van der Waals surface area contributed by atoms with Gasteiger partial charge in [-0.1, -0.05) is 13.8 Å². The van der Waals surface area contributed by atoms with Gasteiger partial charge in [-0.15, -0.1) is 0 Å². The van der Waals surface area contributed by atoms with Crippen LogP contribution >= 0.6 is 0 Å². The third-order valence-corrected chi connectivity index (χ3v) is 4.58. The van der Waals surface area contributed by atoms with Crippen LogP contribution in [0.15, 0.2) is 12.3 Å². The van der Waals surface area contributed by atoms with Gasteiger partial charge in [-0.25, -0.2) is 0 Å². The second kappa shape index (κ2) is 4.95. The maximum atomic E-state index is 10.3. The van der Waals surface area contributed by atoms with Gasteiger partial charge in [0.05, 0.1) is 12.2 Å². The van der Waals surface area contributed by atoms with Crippen molar-refractivity contribution in [2.45, 2.75) is 64.7 Å². The van der Waals surface area contributed by atoms with Crippen LogP contribution in [0.4, 0.5) is 0 Å². The summed E-state index contributed by atoms with van der Waals surface area (Å²) in [4.78, 5) is 0. The molecule has 0 aromatic carbocycles. The predicted molar refractivity (Wildman–Crippen MR) is 75.1 cm³/mol. The smallest absolute Gasteiger partial charge is 0.0812 e. The number of aliphatic hydroxyl groups excluding tert-OH is 1. The van der Waals surface area contributed by atoms with Crippen LogP contribution in [-0.4, -0.2) is 22.4 Å². The number of hydrogen-bond acceptors (Lipinski definition) is 2. The SMILES string of the molecule is CC1(C)Cc2c(ccn2CCC2CCCO2)C(O)C1. The fourth-order valence-electron chi connectivity index (χ4n) is 3.55. The van der Waals surface area contributed by atoms with Crippen LogP contribution in [0.5, 0.6) is 0 Å². The molecule has 0 radical (unpaired) electrons. The zero-order chi connectivity index (χ0) is 13.5. The molecule has 3 nitrogen and oxygen atoms in total. The Bertz CT molecular complexity index is 444. The third-order valence-electron chi connectivity index (χ3n) is 4.58. The number of aliphatic hydroxyl groups is 1. The van der Waals surface area contributed by atoms with E-state index in [1.807, 2.05) is 0 Å². The molecule has 1 aliphatic carbocycles. The number of aryl methyl sites for hydroxylation is 1. The molecular formula is C16H25NO2. The molecule has 0 bridgehead atoms. The minimum atomic E-state index is -0.289. The first-order chi connectivity index (χ1) is 9.05. The average molecular weight is 263 g/mol. The Morgan fingerprint density at radius 1 is 1.47 bits per heavy atom. The van der Waals surface area contributed by atoms with Gasteiger partial charge < -0.3 is 14.4 Å². The van der Waals surface area contributed by atoms with Gasteiger partial charge in [0.25, 0.3) is 0 Å². The van der Waals surface area contributed by atoms with Crippen LogP contribution in [0.2, 0.25) is 0 Å². The van der Waals surface area contributed by atoms with Crippen molar-refractivity contribution >= 4 is 0 Å². The normalized spacial score (nSPS) is 29.4. The highest BCUT2D eigenvalue weighted by Crippen LogP contribution is 2.41. The lowest BCUT2D eigenvalue weighted by atomic mass is 9.75. The van der Waals surface area contributed by atoms with Gasteiger partial charge in [-0.3, -0.25) is 0 Å². The molecule has 19 heavy (non-hydrogen) atoms. The third kappa shape index (κ3) is 2.72. The zero-order valence-electron chi connectivity index (χ0n) is 12.1. The van der Waals surface area contributed by atoms with Crippen molar-refractivity contribution in [2.24, 2.45) is 5.41 Å². The van der Waals surface area contributed by atoms with Crippen molar-refractivity contribution < 1.29 is 9.84 Å². The topological polar surface area (TPSA) is 34.4 Å². The summed E-state index contributed by atoms with van der Waals surface area (Å²) in [7, 11) is 0. The lowest BCUT2D eigenvalue weighted by Gasteiger charge is -2.34. The first-order valence-electron chi connectivity index (χ1n) is 7.53. The van der Waals surface area contributed by atoms with E-state index in [9.17, 15) is 5.11 Å². The summed E-state index contributed by atoms with van der Waals surface area (Å²) in [6.07, 6.45) is 7.75. The number of hydrogen-bond donors (Lipinski definition) is 1. The molecule has 2 heterocycles. The standard InChI is InChI=1S/C16H25NO2/c1-16(2)10-14-13(15(18)11-16)6-8-17(14)7-5-12-4-3-9-19-12/h6,8,12,15,18H,3-5,7,9-11H2,1-2H3. The van der Waals surface area contributed by atoms with E-state index in [1.165, 1.54) is 18.5 Å². The number of ether oxygens (including phenoxy) is 1. The largest absolute Gasteiger partial charge is 0.388 e. The molecule has 2 atom stereocenters. The Labute approximate surface area is 115 Å². The van der Waals surface area contributed by atoms with Crippen molar-refractivity contribution in [3.05, 3.63) is 23.5 Å². The van der Waals surface area contributed by atoms with Crippen molar-refractivity contribution in [3.8, 4) is 0 Å². The van der Waals surface area contributed by atoms with E-state index in [0.29, 0.717) is 6.10 Å². The van der Waals surface area contributed by atoms with Crippen molar-refractivity contribution in [1.82, 2.24) is 4.57 Å². The fraction of sp³-hybridized carbons (Fsp3) is 0.750. The van der Waals surface area contributed by atoms with Gasteiger partial charge in [0.2, 0.25) is 0 Å².